The monoisotopic (exact) mass is 345 g/mol. The van der Waals surface area contributed by atoms with Crippen LogP contribution in [0, 0.1) is 17.7 Å². The Morgan fingerprint density at radius 3 is 2.48 bits per heavy atom. The van der Waals surface area contributed by atoms with E-state index in [4.69, 9.17) is 5.73 Å². The van der Waals surface area contributed by atoms with Crippen molar-refractivity contribution in [1.82, 2.24) is 0 Å². The first-order valence-electron chi connectivity index (χ1n) is 6.64. The van der Waals surface area contributed by atoms with Crippen molar-refractivity contribution in [1.29, 1.82) is 0 Å². The zero-order valence-electron chi connectivity index (χ0n) is 12.3. The van der Waals surface area contributed by atoms with Crippen LogP contribution in [0.5, 0.6) is 0 Å². The molecule has 2 N–H and O–H groups in total. The van der Waals surface area contributed by atoms with Crippen molar-refractivity contribution in [3.05, 3.63) is 63.4 Å². The minimum Gasteiger partial charge on any atom is -0.398 e. The van der Waals surface area contributed by atoms with E-state index in [0.717, 1.165) is 5.56 Å². The molecule has 0 heterocycles. The fraction of sp³-hybridized carbons (Fsp3) is 0.222. The van der Waals surface area contributed by atoms with E-state index >= 15 is 0 Å². The van der Waals surface area contributed by atoms with Gasteiger partial charge in [-0.2, -0.15) is 0 Å². The van der Waals surface area contributed by atoms with Gasteiger partial charge in [-0.1, -0.05) is 44.7 Å². The molecule has 0 saturated heterocycles. The summed E-state index contributed by atoms with van der Waals surface area (Å²) in [7, 11) is 0. The van der Waals surface area contributed by atoms with Gasteiger partial charge in [0.25, 0.3) is 0 Å². The van der Waals surface area contributed by atoms with E-state index in [-0.39, 0.29) is 11.2 Å². The molecule has 0 aromatic heterocycles. The minimum absolute atomic E-state index is 0.0790. The molecule has 0 aliphatic heterocycles. The van der Waals surface area contributed by atoms with Crippen LogP contribution in [0.3, 0.4) is 0 Å². The molecule has 0 unspecified atom stereocenters. The largest absolute Gasteiger partial charge is 0.398 e. The van der Waals surface area contributed by atoms with Crippen molar-refractivity contribution < 1.29 is 4.39 Å². The Morgan fingerprint density at radius 1 is 1.10 bits per heavy atom. The van der Waals surface area contributed by atoms with Gasteiger partial charge in [0.15, 0.2) is 0 Å². The van der Waals surface area contributed by atoms with Gasteiger partial charge in [0, 0.05) is 11.1 Å². The third-order valence-electron chi connectivity index (χ3n) is 3.16. The summed E-state index contributed by atoms with van der Waals surface area (Å²) in [6, 6.07) is 11.0. The predicted octanol–water partition coefficient (Wildman–Crippen LogP) is 4.87. The van der Waals surface area contributed by atoms with Crippen molar-refractivity contribution in [2.24, 2.45) is 0 Å². The molecule has 0 bridgehead atoms. The molecular weight excluding hydrogens is 329 g/mol. The van der Waals surface area contributed by atoms with Gasteiger partial charge in [0.2, 0.25) is 0 Å². The van der Waals surface area contributed by atoms with Gasteiger partial charge in [0.1, 0.15) is 5.82 Å². The summed E-state index contributed by atoms with van der Waals surface area (Å²) in [6.07, 6.45) is 0. The molecule has 0 radical (unpaired) electrons. The number of nitrogen functional groups attached to an aromatic ring is 1. The Bertz CT molecular complexity index is 733. The average Bonchev–Trinajstić information content (AvgIpc) is 2.41. The van der Waals surface area contributed by atoms with Crippen molar-refractivity contribution in [3.8, 4) is 11.8 Å². The number of anilines is 1. The van der Waals surface area contributed by atoms with Gasteiger partial charge in [-0.25, -0.2) is 4.39 Å². The second kappa shape index (κ2) is 5.91. The first-order valence-corrected chi connectivity index (χ1v) is 7.44. The quantitative estimate of drug-likeness (QED) is 0.535. The van der Waals surface area contributed by atoms with Crippen molar-refractivity contribution in [3.63, 3.8) is 0 Å². The molecule has 2 aromatic rings. The summed E-state index contributed by atoms with van der Waals surface area (Å²) in [5.41, 5.74) is 8.97. The zero-order valence-corrected chi connectivity index (χ0v) is 13.9. The summed E-state index contributed by atoms with van der Waals surface area (Å²) in [5, 5.41) is 0. The maximum Gasteiger partial charge on any atom is 0.139 e. The molecule has 0 spiro atoms. The smallest absolute Gasteiger partial charge is 0.139 e. The van der Waals surface area contributed by atoms with E-state index in [1.807, 2.05) is 12.1 Å². The third kappa shape index (κ3) is 3.86. The number of nitrogens with two attached hydrogens (primary N) is 1. The SMILES string of the molecule is CC(C)(C)c1cccc(C#Cc2cc(Br)c(F)cc2N)c1. The number of benzene rings is 2. The Kier molecular flexibility index (Phi) is 4.39. The molecule has 0 fully saturated rings. The van der Waals surface area contributed by atoms with Crippen LogP contribution in [0.1, 0.15) is 37.5 Å². The van der Waals surface area contributed by atoms with Gasteiger partial charge in [-0.05, 0) is 51.2 Å². The highest BCUT2D eigenvalue weighted by molar-refractivity contribution is 9.10. The normalized spacial score (nSPS) is 10.9. The van der Waals surface area contributed by atoms with Crippen LogP contribution >= 0.6 is 15.9 Å². The van der Waals surface area contributed by atoms with Gasteiger partial charge in [-0.3, -0.25) is 0 Å². The molecule has 2 rings (SSSR count). The topological polar surface area (TPSA) is 26.0 Å². The second-order valence-electron chi connectivity index (χ2n) is 5.93. The molecule has 1 nitrogen and oxygen atoms in total. The molecular formula is C18H17BrFN. The summed E-state index contributed by atoms with van der Waals surface area (Å²) in [5.74, 6) is 5.71. The number of hydrogen-bond acceptors (Lipinski definition) is 1. The number of halogens is 2. The molecule has 21 heavy (non-hydrogen) atoms. The highest BCUT2D eigenvalue weighted by Crippen LogP contribution is 2.23. The standard InChI is InChI=1S/C18H17BrFN/c1-18(2,3)14-6-4-5-12(9-14)7-8-13-10-15(19)16(20)11-17(13)21/h4-6,9-11H,21H2,1-3H3. The van der Waals surface area contributed by atoms with E-state index in [9.17, 15) is 4.39 Å². The summed E-state index contributed by atoms with van der Waals surface area (Å²) in [6.45, 7) is 6.48. The first kappa shape index (κ1) is 15.6. The molecule has 0 amide bonds. The molecule has 2 aromatic carbocycles. The Labute approximate surface area is 133 Å². The Balaban J connectivity index is 2.38. The van der Waals surface area contributed by atoms with Gasteiger partial charge >= 0.3 is 0 Å². The summed E-state index contributed by atoms with van der Waals surface area (Å²) in [4.78, 5) is 0. The molecule has 3 heteroatoms. The highest BCUT2D eigenvalue weighted by Gasteiger charge is 2.13. The van der Waals surface area contributed by atoms with E-state index in [1.54, 1.807) is 6.07 Å². The number of hydrogen-bond donors (Lipinski definition) is 1. The van der Waals surface area contributed by atoms with E-state index in [0.29, 0.717) is 15.7 Å². The minimum atomic E-state index is -0.382. The van der Waals surface area contributed by atoms with Crippen LogP contribution in [-0.2, 0) is 5.41 Å². The van der Waals surface area contributed by atoms with E-state index < -0.39 is 0 Å². The van der Waals surface area contributed by atoms with Crippen LogP contribution in [0.15, 0.2) is 40.9 Å². The summed E-state index contributed by atoms with van der Waals surface area (Å²) < 4.78 is 13.7. The summed E-state index contributed by atoms with van der Waals surface area (Å²) >= 11 is 3.15. The lowest BCUT2D eigenvalue weighted by Crippen LogP contribution is -2.10. The van der Waals surface area contributed by atoms with Crippen LogP contribution < -0.4 is 5.73 Å². The van der Waals surface area contributed by atoms with Crippen molar-refractivity contribution in [2.45, 2.75) is 26.2 Å². The maximum atomic E-state index is 13.3. The highest BCUT2D eigenvalue weighted by atomic mass is 79.9. The molecule has 0 saturated carbocycles. The number of rotatable bonds is 0. The third-order valence-corrected chi connectivity index (χ3v) is 3.77. The van der Waals surface area contributed by atoms with Crippen LogP contribution in [-0.4, -0.2) is 0 Å². The van der Waals surface area contributed by atoms with E-state index in [2.05, 4.69) is 60.7 Å². The zero-order chi connectivity index (χ0) is 15.6. The van der Waals surface area contributed by atoms with Crippen LogP contribution in [0.2, 0.25) is 0 Å². The van der Waals surface area contributed by atoms with Crippen LogP contribution in [0.25, 0.3) is 0 Å². The van der Waals surface area contributed by atoms with Crippen molar-refractivity contribution >= 4 is 21.6 Å². The lowest BCUT2D eigenvalue weighted by Gasteiger charge is -2.18. The molecule has 0 aliphatic rings. The molecule has 108 valence electrons. The van der Waals surface area contributed by atoms with Crippen LogP contribution in [0.4, 0.5) is 10.1 Å². The second-order valence-corrected chi connectivity index (χ2v) is 6.79. The lowest BCUT2D eigenvalue weighted by molar-refractivity contribution is 0.590. The molecule has 0 atom stereocenters. The Morgan fingerprint density at radius 2 is 1.81 bits per heavy atom. The average molecular weight is 346 g/mol. The first-order chi connectivity index (χ1) is 9.77. The van der Waals surface area contributed by atoms with Gasteiger partial charge in [-0.15, -0.1) is 0 Å². The van der Waals surface area contributed by atoms with Crippen molar-refractivity contribution in [2.75, 3.05) is 5.73 Å². The molecule has 0 aliphatic carbocycles. The van der Waals surface area contributed by atoms with E-state index in [1.165, 1.54) is 11.6 Å². The maximum absolute atomic E-state index is 13.3. The predicted molar refractivity (Wildman–Crippen MR) is 89.6 cm³/mol. The fourth-order valence-corrected chi connectivity index (χ4v) is 2.22. The lowest BCUT2D eigenvalue weighted by atomic mass is 9.86. The Hall–Kier alpha value is -1.79. The van der Waals surface area contributed by atoms with Gasteiger partial charge < -0.3 is 5.73 Å². The fourth-order valence-electron chi connectivity index (χ4n) is 1.87. The van der Waals surface area contributed by atoms with Gasteiger partial charge in [0.05, 0.1) is 10.2 Å².